The van der Waals surface area contributed by atoms with E-state index in [1.54, 1.807) is 11.0 Å². The number of nitrogens with two attached hydrogens (primary N) is 1. The Labute approximate surface area is 151 Å². The molecule has 3 aromatic rings. The van der Waals surface area contributed by atoms with Crippen LogP contribution in [0.5, 0.6) is 0 Å². The third kappa shape index (κ3) is 2.82. The van der Waals surface area contributed by atoms with Gasteiger partial charge in [-0.05, 0) is 37.1 Å². The third-order valence-electron chi connectivity index (χ3n) is 4.64. The van der Waals surface area contributed by atoms with E-state index in [0.29, 0.717) is 18.8 Å². The molecule has 1 atom stereocenters. The van der Waals surface area contributed by atoms with Crippen LogP contribution in [0.1, 0.15) is 34.8 Å². The minimum Gasteiger partial charge on any atom is -0.381 e. The van der Waals surface area contributed by atoms with Crippen molar-refractivity contribution >= 4 is 23.3 Å². The number of fused-ring (bicyclic) bond motifs is 1. The summed E-state index contributed by atoms with van der Waals surface area (Å²) in [5, 5.41) is 3.89. The Morgan fingerprint density at radius 3 is 2.89 bits per heavy atom. The van der Waals surface area contributed by atoms with E-state index in [2.05, 4.69) is 15.0 Å². The summed E-state index contributed by atoms with van der Waals surface area (Å²) >= 11 is 0. The van der Waals surface area contributed by atoms with Gasteiger partial charge < -0.3 is 10.6 Å². The molecule has 2 N–H and O–H groups in total. The van der Waals surface area contributed by atoms with Crippen molar-refractivity contribution in [3.05, 3.63) is 53.2 Å². The summed E-state index contributed by atoms with van der Waals surface area (Å²) in [5.74, 6) is -2.16. The van der Waals surface area contributed by atoms with Crippen LogP contribution in [0.3, 0.4) is 0 Å². The summed E-state index contributed by atoms with van der Waals surface area (Å²) in [4.78, 5) is 21.0. The molecule has 1 fully saturated rings. The van der Waals surface area contributed by atoms with E-state index in [0.717, 1.165) is 18.6 Å². The molecule has 1 aliphatic heterocycles. The summed E-state index contributed by atoms with van der Waals surface area (Å²) < 4.78 is 41.4. The lowest BCUT2D eigenvalue weighted by molar-refractivity contribution is -0.0785. The number of anilines is 2. The number of carbonyl (C=O) groups excluding carboxylic acids is 1. The summed E-state index contributed by atoms with van der Waals surface area (Å²) in [7, 11) is 0. The molecule has 1 aromatic carbocycles. The van der Waals surface area contributed by atoms with Crippen LogP contribution in [-0.2, 0) is 4.94 Å². The van der Waals surface area contributed by atoms with Crippen LogP contribution < -0.4 is 10.6 Å². The van der Waals surface area contributed by atoms with Gasteiger partial charge in [0, 0.05) is 22.8 Å². The molecule has 0 saturated carbocycles. The lowest BCUT2D eigenvalue weighted by Crippen LogP contribution is -2.24. The summed E-state index contributed by atoms with van der Waals surface area (Å²) in [6.07, 6.45) is 2.85. The number of rotatable bonds is 3. The lowest BCUT2D eigenvalue weighted by Gasteiger charge is -2.26. The molecule has 140 valence electrons. The third-order valence-corrected chi connectivity index (χ3v) is 4.64. The van der Waals surface area contributed by atoms with E-state index in [9.17, 15) is 18.1 Å². The minimum atomic E-state index is -1.30. The van der Waals surface area contributed by atoms with Crippen LogP contribution in [0.4, 0.5) is 24.9 Å². The first-order valence-corrected chi connectivity index (χ1v) is 8.19. The Balaban J connectivity index is 1.79. The van der Waals surface area contributed by atoms with E-state index >= 15 is 0 Å². The molecule has 2 aromatic heterocycles. The molecule has 1 aliphatic rings. The molecule has 4 rings (SSSR count). The quantitative estimate of drug-likeness (QED) is 0.755. The van der Waals surface area contributed by atoms with Crippen LogP contribution >= 0.6 is 0 Å². The van der Waals surface area contributed by atoms with Gasteiger partial charge in [-0.15, -0.1) is 5.10 Å². The molecule has 1 unspecified atom stereocenters. The number of aromatic nitrogens is 3. The highest BCUT2D eigenvalue weighted by Gasteiger charge is 2.30. The van der Waals surface area contributed by atoms with E-state index in [1.165, 1.54) is 16.8 Å². The fraction of sp³-hybridized carbons (Fsp3) is 0.235. The highest BCUT2D eigenvalue weighted by atomic mass is 19.3. The van der Waals surface area contributed by atoms with Crippen LogP contribution in [0.2, 0.25) is 0 Å². The van der Waals surface area contributed by atoms with Crippen molar-refractivity contribution in [3.8, 4) is 0 Å². The number of hydrogen-bond acceptors (Lipinski definition) is 6. The second kappa shape index (κ2) is 6.45. The fourth-order valence-electron chi connectivity index (χ4n) is 3.47. The van der Waals surface area contributed by atoms with Crippen LogP contribution in [-0.4, -0.2) is 27.1 Å². The SMILES string of the molecule is Nc1nn2ccc(N3CCCC3c3cc(F)ccc3F)nc2c1C(=O)OF. The zero-order chi connectivity index (χ0) is 19.1. The van der Waals surface area contributed by atoms with Crippen molar-refractivity contribution in [2.75, 3.05) is 17.2 Å². The van der Waals surface area contributed by atoms with Gasteiger partial charge in [0.05, 0.1) is 6.04 Å². The largest absolute Gasteiger partial charge is 0.387 e. The smallest absolute Gasteiger partial charge is 0.381 e. The Bertz CT molecular complexity index is 1040. The summed E-state index contributed by atoms with van der Waals surface area (Å²) in [6.45, 7) is 0.552. The molecular formula is C17H14F3N5O2. The van der Waals surface area contributed by atoms with Crippen molar-refractivity contribution < 1.29 is 23.0 Å². The normalized spacial score (nSPS) is 16.9. The second-order valence-corrected chi connectivity index (χ2v) is 6.20. The topological polar surface area (TPSA) is 85.8 Å². The molecule has 10 heteroatoms. The maximum Gasteiger partial charge on any atom is 0.387 e. The zero-order valence-corrected chi connectivity index (χ0v) is 13.9. The molecule has 27 heavy (non-hydrogen) atoms. The molecule has 3 heterocycles. The predicted molar refractivity (Wildman–Crippen MR) is 89.6 cm³/mol. The van der Waals surface area contributed by atoms with E-state index in [1.807, 2.05) is 0 Å². The second-order valence-electron chi connectivity index (χ2n) is 6.20. The van der Waals surface area contributed by atoms with E-state index < -0.39 is 23.6 Å². The van der Waals surface area contributed by atoms with Gasteiger partial charge in [-0.1, -0.05) is 0 Å². The molecule has 0 radical (unpaired) electrons. The number of nitrogens with zero attached hydrogens (tertiary/aromatic N) is 4. The van der Waals surface area contributed by atoms with E-state index in [-0.39, 0.29) is 22.6 Å². The molecule has 0 bridgehead atoms. The average Bonchev–Trinajstić information content (AvgIpc) is 3.26. The molecule has 1 saturated heterocycles. The van der Waals surface area contributed by atoms with Gasteiger partial charge in [0.15, 0.2) is 17.0 Å². The Hall–Kier alpha value is -3.30. The standard InChI is InChI=1S/C17H14F3N5O2/c18-9-3-4-11(19)10(8-9)12-2-1-6-24(12)13-5-7-25-16(22-13)14(15(21)23-25)17(26)27-20/h3-5,7-8,12H,1-2,6H2,(H2,21,23). The zero-order valence-electron chi connectivity index (χ0n) is 13.9. The Morgan fingerprint density at radius 2 is 2.11 bits per heavy atom. The number of carbonyl (C=O) groups is 1. The van der Waals surface area contributed by atoms with Gasteiger partial charge in [0.25, 0.3) is 0 Å². The van der Waals surface area contributed by atoms with Crippen molar-refractivity contribution in [2.24, 2.45) is 0 Å². The van der Waals surface area contributed by atoms with Gasteiger partial charge in [-0.3, -0.25) is 0 Å². The first-order valence-electron chi connectivity index (χ1n) is 8.19. The molecule has 0 spiro atoms. The van der Waals surface area contributed by atoms with Gasteiger partial charge in [0.2, 0.25) is 0 Å². The van der Waals surface area contributed by atoms with Gasteiger partial charge in [0.1, 0.15) is 17.5 Å². The fourth-order valence-corrected chi connectivity index (χ4v) is 3.47. The number of benzene rings is 1. The van der Waals surface area contributed by atoms with Crippen LogP contribution in [0.25, 0.3) is 5.65 Å². The van der Waals surface area contributed by atoms with Gasteiger partial charge in [-0.2, -0.15) is 0 Å². The van der Waals surface area contributed by atoms with Crippen molar-refractivity contribution in [1.82, 2.24) is 14.6 Å². The van der Waals surface area contributed by atoms with Crippen LogP contribution in [0, 0.1) is 11.6 Å². The van der Waals surface area contributed by atoms with Crippen molar-refractivity contribution in [2.45, 2.75) is 18.9 Å². The van der Waals surface area contributed by atoms with Gasteiger partial charge in [-0.25, -0.2) is 28.0 Å². The van der Waals surface area contributed by atoms with Crippen molar-refractivity contribution in [3.63, 3.8) is 0 Å². The number of halogens is 3. The Kier molecular flexibility index (Phi) is 4.09. The summed E-state index contributed by atoms with van der Waals surface area (Å²) in [5.41, 5.74) is 5.58. The summed E-state index contributed by atoms with van der Waals surface area (Å²) in [6, 6.07) is 4.50. The maximum atomic E-state index is 14.2. The number of nitrogen functional groups attached to an aromatic ring is 1. The Morgan fingerprint density at radius 1 is 1.30 bits per heavy atom. The lowest BCUT2D eigenvalue weighted by atomic mass is 10.0. The van der Waals surface area contributed by atoms with Crippen molar-refractivity contribution in [1.29, 1.82) is 0 Å². The first kappa shape index (κ1) is 17.1. The van der Waals surface area contributed by atoms with Gasteiger partial charge >= 0.3 is 5.97 Å². The molecular weight excluding hydrogens is 363 g/mol. The van der Waals surface area contributed by atoms with E-state index in [4.69, 9.17) is 5.73 Å². The highest BCUT2D eigenvalue weighted by molar-refractivity contribution is 6.00. The predicted octanol–water partition coefficient (Wildman–Crippen LogP) is 2.97. The maximum absolute atomic E-state index is 14.2. The average molecular weight is 377 g/mol. The monoisotopic (exact) mass is 377 g/mol. The molecule has 0 aliphatic carbocycles. The first-order chi connectivity index (χ1) is 13.0. The minimum absolute atomic E-state index is 0.0121. The van der Waals surface area contributed by atoms with Crippen LogP contribution in [0.15, 0.2) is 30.5 Å². The molecule has 7 nitrogen and oxygen atoms in total. The number of hydrogen-bond donors (Lipinski definition) is 1. The molecule has 0 amide bonds. The highest BCUT2D eigenvalue weighted by Crippen LogP contribution is 2.37.